The first kappa shape index (κ1) is 15.6. The molecule has 2 aliphatic rings. The number of rotatable bonds is 3. The number of carbonyl (C=O) groups is 1. The van der Waals surface area contributed by atoms with E-state index >= 15 is 0 Å². The topological polar surface area (TPSA) is 60.8 Å². The Bertz CT molecular complexity index is 708. The molecule has 1 unspecified atom stereocenters. The van der Waals surface area contributed by atoms with Gasteiger partial charge in [-0.25, -0.2) is 4.39 Å². The van der Waals surface area contributed by atoms with Crippen molar-refractivity contribution in [3.63, 3.8) is 0 Å². The number of phenols is 2. The highest BCUT2D eigenvalue weighted by Gasteiger charge is 2.30. The van der Waals surface area contributed by atoms with Crippen molar-refractivity contribution in [1.82, 2.24) is 4.90 Å². The Labute approximate surface area is 134 Å². The van der Waals surface area contributed by atoms with Gasteiger partial charge in [-0.1, -0.05) is 17.2 Å². The van der Waals surface area contributed by atoms with Crippen molar-refractivity contribution < 1.29 is 19.4 Å². The lowest BCUT2D eigenvalue weighted by molar-refractivity contribution is -0.119. The van der Waals surface area contributed by atoms with Gasteiger partial charge in [0.15, 0.2) is 11.5 Å². The van der Waals surface area contributed by atoms with Crippen LogP contribution in [0, 0.1) is 5.82 Å². The summed E-state index contributed by atoms with van der Waals surface area (Å²) in [5.41, 5.74) is 4.16. The first-order valence-corrected chi connectivity index (χ1v) is 7.77. The van der Waals surface area contributed by atoms with E-state index in [-0.39, 0.29) is 11.8 Å². The number of benzene rings is 1. The molecule has 1 amide bonds. The third kappa shape index (κ3) is 2.96. The number of allylic oxidation sites excluding steroid dienone is 2. The predicted octanol–water partition coefficient (Wildman–Crippen LogP) is 3.05. The summed E-state index contributed by atoms with van der Waals surface area (Å²) < 4.78 is 14.1. The van der Waals surface area contributed by atoms with Crippen LogP contribution >= 0.6 is 0 Å². The maximum absolute atomic E-state index is 14.1. The Morgan fingerprint density at radius 3 is 2.83 bits per heavy atom. The van der Waals surface area contributed by atoms with Gasteiger partial charge < -0.3 is 15.1 Å². The Morgan fingerprint density at radius 1 is 1.35 bits per heavy atom. The first-order chi connectivity index (χ1) is 11.0. The van der Waals surface area contributed by atoms with Crippen LogP contribution in [0.25, 0.3) is 0 Å². The molecule has 0 radical (unpaired) electrons. The number of phenolic OH excluding ortho intramolecular Hbond substituents is 2. The fourth-order valence-electron chi connectivity index (χ4n) is 3.52. The molecule has 1 aromatic carbocycles. The van der Waals surface area contributed by atoms with Gasteiger partial charge in [0.25, 0.3) is 0 Å². The molecule has 0 saturated carbocycles. The second-order valence-electron chi connectivity index (χ2n) is 6.31. The minimum absolute atomic E-state index is 0.195. The van der Waals surface area contributed by atoms with Crippen LogP contribution in [-0.2, 0) is 11.2 Å². The van der Waals surface area contributed by atoms with Crippen molar-refractivity contribution in [2.24, 2.45) is 0 Å². The number of nitrogens with zero attached hydrogens (tertiary/aromatic N) is 1. The van der Waals surface area contributed by atoms with Crippen LogP contribution < -0.4 is 0 Å². The summed E-state index contributed by atoms with van der Waals surface area (Å²) in [6.45, 7) is 2.73. The van der Waals surface area contributed by atoms with Crippen molar-refractivity contribution in [3.05, 3.63) is 46.3 Å². The van der Waals surface area contributed by atoms with Crippen molar-refractivity contribution in [3.8, 4) is 11.5 Å². The zero-order chi connectivity index (χ0) is 16.6. The Kier molecular flexibility index (Phi) is 4.11. The summed E-state index contributed by atoms with van der Waals surface area (Å²) in [4.78, 5) is 13.1. The first-order valence-electron chi connectivity index (χ1n) is 7.77. The van der Waals surface area contributed by atoms with E-state index in [9.17, 15) is 19.4 Å². The lowest BCUT2D eigenvalue weighted by Crippen LogP contribution is -2.42. The van der Waals surface area contributed by atoms with E-state index in [0.29, 0.717) is 18.5 Å². The summed E-state index contributed by atoms with van der Waals surface area (Å²) >= 11 is 0. The molecular formula is C18H20FNO3. The Morgan fingerprint density at radius 2 is 2.09 bits per heavy atom. The second kappa shape index (κ2) is 6.07. The SMILES string of the molecule is CC1=CCC2=C(CCN(C=O)C2Cc2cc(O)c(O)cc2F)C1. The van der Waals surface area contributed by atoms with Crippen LogP contribution in [-0.4, -0.2) is 34.1 Å². The van der Waals surface area contributed by atoms with Crippen molar-refractivity contribution in [1.29, 1.82) is 0 Å². The van der Waals surface area contributed by atoms with Crippen LogP contribution in [0.2, 0.25) is 0 Å². The van der Waals surface area contributed by atoms with Gasteiger partial charge in [-0.3, -0.25) is 4.79 Å². The van der Waals surface area contributed by atoms with E-state index in [1.165, 1.54) is 22.8 Å². The monoisotopic (exact) mass is 317 g/mol. The average molecular weight is 317 g/mol. The summed E-state index contributed by atoms with van der Waals surface area (Å²) in [5.74, 6) is -1.39. The summed E-state index contributed by atoms with van der Waals surface area (Å²) in [6, 6.07) is 1.96. The molecule has 1 aliphatic heterocycles. The highest BCUT2D eigenvalue weighted by Crippen LogP contribution is 2.36. The molecule has 1 atom stereocenters. The number of aromatic hydroxyl groups is 2. The lowest BCUT2D eigenvalue weighted by atomic mass is 9.81. The molecule has 1 heterocycles. The molecule has 3 rings (SSSR count). The molecule has 5 heteroatoms. The molecule has 0 spiro atoms. The van der Waals surface area contributed by atoms with Gasteiger partial charge in [0.1, 0.15) is 5.82 Å². The quantitative estimate of drug-likeness (QED) is 0.512. The maximum atomic E-state index is 14.1. The van der Waals surface area contributed by atoms with Gasteiger partial charge >= 0.3 is 0 Å². The zero-order valence-corrected chi connectivity index (χ0v) is 13.1. The zero-order valence-electron chi connectivity index (χ0n) is 13.1. The number of amides is 1. The third-order valence-corrected chi connectivity index (χ3v) is 4.78. The van der Waals surface area contributed by atoms with Crippen LogP contribution in [0.4, 0.5) is 4.39 Å². The van der Waals surface area contributed by atoms with Crippen molar-refractivity contribution in [2.75, 3.05) is 6.54 Å². The summed E-state index contributed by atoms with van der Waals surface area (Å²) in [5, 5.41) is 19.0. The molecule has 1 aromatic rings. The molecule has 2 N–H and O–H groups in total. The van der Waals surface area contributed by atoms with Gasteiger partial charge in [0.05, 0.1) is 6.04 Å². The smallest absolute Gasteiger partial charge is 0.210 e. The molecule has 0 fully saturated rings. The second-order valence-corrected chi connectivity index (χ2v) is 6.31. The fraction of sp³-hybridized carbons (Fsp3) is 0.389. The number of hydrogen-bond donors (Lipinski definition) is 2. The minimum atomic E-state index is -0.568. The standard InChI is InChI=1S/C18H20FNO3/c1-11-2-3-14-12(6-11)4-5-20(10-21)16(14)7-13-8-17(22)18(23)9-15(13)19/h2,8-10,16,22-23H,3-7H2,1H3. The molecule has 122 valence electrons. The highest BCUT2D eigenvalue weighted by molar-refractivity contribution is 5.52. The predicted molar refractivity (Wildman–Crippen MR) is 84.6 cm³/mol. The lowest BCUT2D eigenvalue weighted by Gasteiger charge is -2.38. The van der Waals surface area contributed by atoms with Crippen LogP contribution in [0.1, 0.15) is 31.7 Å². The minimum Gasteiger partial charge on any atom is -0.504 e. The Balaban J connectivity index is 1.94. The molecular weight excluding hydrogens is 297 g/mol. The van der Waals surface area contributed by atoms with Crippen LogP contribution in [0.3, 0.4) is 0 Å². The fourth-order valence-corrected chi connectivity index (χ4v) is 3.52. The molecule has 0 aromatic heterocycles. The third-order valence-electron chi connectivity index (χ3n) is 4.78. The maximum Gasteiger partial charge on any atom is 0.210 e. The van der Waals surface area contributed by atoms with Gasteiger partial charge in [-0.2, -0.15) is 0 Å². The summed E-state index contributed by atoms with van der Waals surface area (Å²) in [7, 11) is 0. The molecule has 23 heavy (non-hydrogen) atoms. The van der Waals surface area contributed by atoms with Crippen LogP contribution in [0.5, 0.6) is 11.5 Å². The summed E-state index contributed by atoms with van der Waals surface area (Å²) in [6.07, 6.45) is 5.83. The van der Waals surface area contributed by atoms with E-state index in [1.807, 2.05) is 0 Å². The average Bonchev–Trinajstić information content (AvgIpc) is 2.52. The van der Waals surface area contributed by atoms with E-state index in [2.05, 4.69) is 13.0 Å². The van der Waals surface area contributed by atoms with Crippen molar-refractivity contribution >= 4 is 6.41 Å². The number of halogens is 1. The van der Waals surface area contributed by atoms with Gasteiger partial charge in [0.2, 0.25) is 6.41 Å². The molecule has 1 aliphatic carbocycles. The molecule has 0 bridgehead atoms. The van der Waals surface area contributed by atoms with E-state index < -0.39 is 11.6 Å². The highest BCUT2D eigenvalue weighted by atomic mass is 19.1. The van der Waals surface area contributed by atoms with E-state index in [0.717, 1.165) is 31.7 Å². The van der Waals surface area contributed by atoms with Gasteiger partial charge in [0, 0.05) is 12.6 Å². The molecule has 4 nitrogen and oxygen atoms in total. The normalized spacial score (nSPS) is 21.0. The van der Waals surface area contributed by atoms with Crippen LogP contribution in [0.15, 0.2) is 34.9 Å². The molecule has 0 saturated heterocycles. The van der Waals surface area contributed by atoms with Crippen molar-refractivity contribution in [2.45, 2.75) is 38.6 Å². The van der Waals surface area contributed by atoms with Gasteiger partial charge in [-0.05, 0) is 49.8 Å². The largest absolute Gasteiger partial charge is 0.504 e. The van der Waals surface area contributed by atoms with Gasteiger partial charge in [-0.15, -0.1) is 0 Å². The number of hydrogen-bond acceptors (Lipinski definition) is 3. The van der Waals surface area contributed by atoms with E-state index in [4.69, 9.17) is 0 Å². The number of carbonyl (C=O) groups excluding carboxylic acids is 1. The van der Waals surface area contributed by atoms with E-state index in [1.54, 1.807) is 4.90 Å². The Hall–Kier alpha value is -2.30.